The second-order valence-electron chi connectivity index (χ2n) is 6.46. The van der Waals surface area contributed by atoms with Crippen molar-refractivity contribution >= 4 is 0 Å². The van der Waals surface area contributed by atoms with Crippen molar-refractivity contribution in [3.8, 4) is 0 Å². The van der Waals surface area contributed by atoms with Crippen molar-refractivity contribution < 1.29 is 10.2 Å². The van der Waals surface area contributed by atoms with Crippen LogP contribution in [0.25, 0.3) is 0 Å². The highest BCUT2D eigenvalue weighted by Gasteiger charge is 2.66. The maximum atomic E-state index is 10.7. The molecule has 2 heteroatoms. The normalized spacial score (nSPS) is 45.2. The fourth-order valence-corrected chi connectivity index (χ4v) is 4.26. The fraction of sp³-hybridized carbons (Fsp3) is 1.00. The Hall–Kier alpha value is -0.0800. The smallest absolute Gasteiger partial charge is 0.0941 e. The summed E-state index contributed by atoms with van der Waals surface area (Å²) in [7, 11) is 0. The quantitative estimate of drug-likeness (QED) is 0.724. The molecule has 94 valence electrons. The zero-order chi connectivity index (χ0) is 12.0. The van der Waals surface area contributed by atoms with Gasteiger partial charge in [-0.3, -0.25) is 0 Å². The van der Waals surface area contributed by atoms with Crippen LogP contribution in [0.5, 0.6) is 0 Å². The molecule has 0 saturated heterocycles. The summed E-state index contributed by atoms with van der Waals surface area (Å²) in [5.74, 6) is 0.855. The Morgan fingerprint density at radius 1 is 1.25 bits per heavy atom. The largest absolute Gasteiger partial charge is 0.390 e. The molecule has 2 aliphatic rings. The maximum absolute atomic E-state index is 10.7. The van der Waals surface area contributed by atoms with E-state index in [0.717, 1.165) is 19.3 Å². The van der Waals surface area contributed by atoms with E-state index in [4.69, 9.17) is 0 Å². The van der Waals surface area contributed by atoms with Crippen molar-refractivity contribution in [2.75, 3.05) is 0 Å². The average molecular weight is 226 g/mol. The molecule has 2 nitrogen and oxygen atoms in total. The van der Waals surface area contributed by atoms with Gasteiger partial charge in [-0.1, -0.05) is 40.0 Å². The third-order valence-electron chi connectivity index (χ3n) is 5.24. The monoisotopic (exact) mass is 226 g/mol. The van der Waals surface area contributed by atoms with Crippen LogP contribution >= 0.6 is 0 Å². The molecule has 0 spiro atoms. The van der Waals surface area contributed by atoms with Crippen LogP contribution in [0.15, 0.2) is 0 Å². The Kier molecular flexibility index (Phi) is 3.09. The molecule has 2 aliphatic carbocycles. The molecular weight excluding hydrogens is 200 g/mol. The molecule has 0 aliphatic heterocycles. The summed E-state index contributed by atoms with van der Waals surface area (Å²) in [4.78, 5) is 0. The van der Waals surface area contributed by atoms with Gasteiger partial charge in [0, 0.05) is 0 Å². The summed E-state index contributed by atoms with van der Waals surface area (Å²) in [6.45, 7) is 6.44. The molecule has 4 atom stereocenters. The van der Waals surface area contributed by atoms with E-state index in [-0.39, 0.29) is 5.41 Å². The molecule has 2 rings (SSSR count). The van der Waals surface area contributed by atoms with E-state index in [1.165, 1.54) is 19.3 Å². The Morgan fingerprint density at radius 2 is 1.94 bits per heavy atom. The van der Waals surface area contributed by atoms with E-state index < -0.39 is 11.7 Å². The average Bonchev–Trinajstić information content (AvgIpc) is 2.62. The Bertz CT molecular complexity index is 261. The SMILES string of the molecule is CCCCC[C@@H]1[C@@H]2CC[C@@]1(O)[C@@H](O)C2(C)C. The van der Waals surface area contributed by atoms with Gasteiger partial charge in [-0.05, 0) is 36.5 Å². The van der Waals surface area contributed by atoms with Gasteiger partial charge < -0.3 is 10.2 Å². The summed E-state index contributed by atoms with van der Waals surface area (Å²) in [6.07, 6.45) is 6.14. The topological polar surface area (TPSA) is 40.5 Å². The van der Waals surface area contributed by atoms with Crippen molar-refractivity contribution in [1.29, 1.82) is 0 Å². The van der Waals surface area contributed by atoms with Gasteiger partial charge in [0.1, 0.15) is 0 Å². The van der Waals surface area contributed by atoms with Gasteiger partial charge in [-0.25, -0.2) is 0 Å². The zero-order valence-corrected chi connectivity index (χ0v) is 10.9. The predicted molar refractivity (Wildman–Crippen MR) is 65.1 cm³/mol. The van der Waals surface area contributed by atoms with E-state index in [0.29, 0.717) is 11.8 Å². The van der Waals surface area contributed by atoms with Crippen LogP contribution in [-0.4, -0.2) is 21.9 Å². The van der Waals surface area contributed by atoms with Crippen LogP contribution in [0.1, 0.15) is 59.3 Å². The van der Waals surface area contributed by atoms with Crippen LogP contribution in [0.2, 0.25) is 0 Å². The zero-order valence-electron chi connectivity index (χ0n) is 10.9. The summed E-state index contributed by atoms with van der Waals surface area (Å²) >= 11 is 0. The molecule has 0 aromatic carbocycles. The van der Waals surface area contributed by atoms with Gasteiger partial charge in [-0.15, -0.1) is 0 Å². The molecule has 0 heterocycles. The van der Waals surface area contributed by atoms with Crippen molar-refractivity contribution in [2.24, 2.45) is 17.3 Å². The minimum absolute atomic E-state index is 0.0934. The number of aliphatic hydroxyl groups is 2. The molecule has 16 heavy (non-hydrogen) atoms. The highest BCUT2D eigenvalue weighted by atomic mass is 16.3. The summed E-state index contributed by atoms with van der Waals surface area (Å²) in [6, 6.07) is 0. The molecule has 0 aromatic heterocycles. The summed E-state index contributed by atoms with van der Waals surface area (Å²) in [5.41, 5.74) is -0.869. The highest BCUT2D eigenvalue weighted by molar-refractivity contribution is 5.16. The van der Waals surface area contributed by atoms with Gasteiger partial charge >= 0.3 is 0 Å². The van der Waals surface area contributed by atoms with Gasteiger partial charge in [-0.2, -0.15) is 0 Å². The van der Waals surface area contributed by atoms with Crippen LogP contribution in [0, 0.1) is 17.3 Å². The molecule has 0 aromatic rings. The van der Waals surface area contributed by atoms with Crippen molar-refractivity contribution in [3.05, 3.63) is 0 Å². The minimum atomic E-state index is -0.776. The first-order chi connectivity index (χ1) is 7.44. The van der Waals surface area contributed by atoms with E-state index in [9.17, 15) is 10.2 Å². The lowest BCUT2D eigenvalue weighted by Crippen LogP contribution is -2.47. The van der Waals surface area contributed by atoms with Crippen molar-refractivity contribution in [1.82, 2.24) is 0 Å². The highest BCUT2D eigenvalue weighted by Crippen LogP contribution is 2.62. The van der Waals surface area contributed by atoms with Crippen LogP contribution in [-0.2, 0) is 0 Å². The second kappa shape index (κ2) is 3.99. The Balaban J connectivity index is 2.09. The predicted octanol–water partition coefficient (Wildman–Crippen LogP) is 2.72. The first-order valence-electron chi connectivity index (χ1n) is 6.85. The lowest BCUT2D eigenvalue weighted by atomic mass is 9.73. The Morgan fingerprint density at radius 3 is 2.44 bits per heavy atom. The molecule has 0 radical (unpaired) electrons. The second-order valence-corrected chi connectivity index (χ2v) is 6.46. The molecule has 0 unspecified atom stereocenters. The number of hydrogen-bond donors (Lipinski definition) is 2. The third-order valence-corrected chi connectivity index (χ3v) is 5.24. The van der Waals surface area contributed by atoms with Crippen LogP contribution in [0.4, 0.5) is 0 Å². The Labute approximate surface area is 99.1 Å². The molecule has 2 saturated carbocycles. The summed E-state index contributed by atoms with van der Waals surface area (Å²) < 4.78 is 0. The number of rotatable bonds is 4. The maximum Gasteiger partial charge on any atom is 0.0941 e. The fourth-order valence-electron chi connectivity index (χ4n) is 4.26. The first-order valence-corrected chi connectivity index (χ1v) is 6.85. The van der Waals surface area contributed by atoms with Crippen molar-refractivity contribution in [2.45, 2.75) is 71.0 Å². The van der Waals surface area contributed by atoms with Gasteiger partial charge in [0.15, 0.2) is 0 Å². The minimum Gasteiger partial charge on any atom is -0.390 e. The van der Waals surface area contributed by atoms with E-state index >= 15 is 0 Å². The van der Waals surface area contributed by atoms with E-state index in [2.05, 4.69) is 20.8 Å². The lowest BCUT2D eigenvalue weighted by Gasteiger charge is -2.37. The molecule has 2 N–H and O–H groups in total. The van der Waals surface area contributed by atoms with E-state index in [1.807, 2.05) is 0 Å². The van der Waals surface area contributed by atoms with Gasteiger partial charge in [0.2, 0.25) is 0 Å². The van der Waals surface area contributed by atoms with Crippen LogP contribution < -0.4 is 0 Å². The number of fused-ring (bicyclic) bond motifs is 2. The van der Waals surface area contributed by atoms with Crippen LogP contribution in [0.3, 0.4) is 0 Å². The lowest BCUT2D eigenvalue weighted by molar-refractivity contribution is -0.113. The number of aliphatic hydroxyl groups excluding tert-OH is 1. The molecule has 2 bridgehead atoms. The van der Waals surface area contributed by atoms with Gasteiger partial charge in [0.25, 0.3) is 0 Å². The number of unbranched alkanes of at least 4 members (excludes halogenated alkanes) is 2. The molecule has 2 fully saturated rings. The summed E-state index contributed by atoms with van der Waals surface area (Å²) in [5, 5.41) is 20.9. The third kappa shape index (κ3) is 1.53. The van der Waals surface area contributed by atoms with Crippen molar-refractivity contribution in [3.63, 3.8) is 0 Å². The number of hydrogen-bond acceptors (Lipinski definition) is 2. The first kappa shape index (κ1) is 12.4. The van der Waals surface area contributed by atoms with Gasteiger partial charge in [0.05, 0.1) is 11.7 Å². The molecular formula is C14H26O2. The standard InChI is InChI=1S/C14H26O2/c1-4-5-6-7-11-10-8-9-14(11,16)12(15)13(10,2)3/h10-12,15-16H,4-9H2,1-3H3/t10-,11+,12-,14-/m0/s1. The van der Waals surface area contributed by atoms with E-state index in [1.54, 1.807) is 0 Å². The molecule has 0 amide bonds.